The van der Waals surface area contributed by atoms with E-state index in [9.17, 15) is 13.2 Å². The number of nitrogen functional groups attached to an aromatic ring is 1. The molecule has 0 aromatic heterocycles. The molecule has 1 spiro atoms. The zero-order valence-electron chi connectivity index (χ0n) is 9.77. The van der Waals surface area contributed by atoms with Gasteiger partial charge in [-0.1, -0.05) is 12.5 Å². The Morgan fingerprint density at radius 1 is 1.28 bits per heavy atom. The highest BCUT2D eigenvalue weighted by Crippen LogP contribution is 2.47. The van der Waals surface area contributed by atoms with Gasteiger partial charge in [0.15, 0.2) is 9.84 Å². The van der Waals surface area contributed by atoms with Crippen LogP contribution in [-0.4, -0.2) is 20.1 Å². The summed E-state index contributed by atoms with van der Waals surface area (Å²) in [6.07, 6.45) is 2.16. The molecule has 96 valence electrons. The summed E-state index contributed by atoms with van der Waals surface area (Å²) in [6.45, 7) is 0. The van der Waals surface area contributed by atoms with Crippen LogP contribution in [0.5, 0.6) is 0 Å². The molecule has 1 aliphatic carbocycles. The molecule has 1 aromatic carbocycles. The molecule has 3 rings (SSSR count). The normalized spacial score (nSPS) is 23.7. The fraction of sp³-hybridized carbons (Fsp3) is 0.417. The molecule has 6 heteroatoms. The minimum absolute atomic E-state index is 0.109. The van der Waals surface area contributed by atoms with Gasteiger partial charge in [0.1, 0.15) is 0 Å². The summed E-state index contributed by atoms with van der Waals surface area (Å²) in [7, 11) is -3.47. The number of anilines is 2. The summed E-state index contributed by atoms with van der Waals surface area (Å²) < 4.78 is 24.7. The van der Waals surface area contributed by atoms with Crippen molar-refractivity contribution in [2.24, 2.45) is 5.41 Å². The van der Waals surface area contributed by atoms with E-state index >= 15 is 0 Å². The molecule has 1 aliphatic heterocycles. The van der Waals surface area contributed by atoms with Crippen LogP contribution in [0.2, 0.25) is 0 Å². The van der Waals surface area contributed by atoms with Crippen molar-refractivity contribution in [2.75, 3.05) is 16.8 Å². The number of amides is 1. The second-order valence-corrected chi connectivity index (χ2v) is 7.03. The Morgan fingerprint density at radius 2 is 2.00 bits per heavy atom. The molecule has 1 aromatic rings. The van der Waals surface area contributed by atoms with Crippen molar-refractivity contribution in [3.05, 3.63) is 18.2 Å². The van der Waals surface area contributed by atoms with Gasteiger partial charge in [0.25, 0.3) is 0 Å². The number of sulfone groups is 1. The third-order valence-corrected chi connectivity index (χ3v) is 5.83. The van der Waals surface area contributed by atoms with Crippen LogP contribution in [0.15, 0.2) is 23.1 Å². The number of rotatable bonds is 0. The summed E-state index contributed by atoms with van der Waals surface area (Å²) >= 11 is 0. The maximum Gasteiger partial charge on any atom is 0.231 e. The van der Waals surface area contributed by atoms with E-state index in [0.29, 0.717) is 18.5 Å². The number of benzene rings is 1. The Bertz CT molecular complexity index is 633. The lowest BCUT2D eigenvalue weighted by Crippen LogP contribution is -2.45. The number of carbonyl (C=O) groups excluding carboxylic acids is 1. The zero-order chi connectivity index (χ0) is 13.0. The maximum atomic E-state index is 12.4. The summed E-state index contributed by atoms with van der Waals surface area (Å²) in [5.74, 6) is -0.323. The minimum atomic E-state index is -3.47. The lowest BCUT2D eigenvalue weighted by molar-refractivity contribution is -0.128. The molecule has 1 heterocycles. The first-order valence-corrected chi connectivity index (χ1v) is 7.53. The first kappa shape index (κ1) is 11.5. The molecule has 0 saturated heterocycles. The Kier molecular flexibility index (Phi) is 2.22. The SMILES string of the molecule is Nc1cccc2c1NC(=O)C1(CCC1)CS2(=O)=O. The minimum Gasteiger partial charge on any atom is -0.397 e. The van der Waals surface area contributed by atoms with Crippen LogP contribution in [0.25, 0.3) is 0 Å². The van der Waals surface area contributed by atoms with Gasteiger partial charge < -0.3 is 11.1 Å². The maximum absolute atomic E-state index is 12.4. The molecule has 18 heavy (non-hydrogen) atoms. The molecule has 1 saturated carbocycles. The highest BCUT2D eigenvalue weighted by molar-refractivity contribution is 7.91. The highest BCUT2D eigenvalue weighted by Gasteiger charge is 2.50. The van der Waals surface area contributed by atoms with Crippen molar-refractivity contribution >= 4 is 27.1 Å². The number of carbonyl (C=O) groups is 1. The van der Waals surface area contributed by atoms with Gasteiger partial charge >= 0.3 is 0 Å². The van der Waals surface area contributed by atoms with Crippen LogP contribution in [0.1, 0.15) is 19.3 Å². The molecule has 0 radical (unpaired) electrons. The molecule has 1 amide bonds. The third kappa shape index (κ3) is 1.45. The van der Waals surface area contributed by atoms with Gasteiger partial charge in [0.05, 0.1) is 27.4 Å². The molecule has 1 fully saturated rings. The average Bonchev–Trinajstić information content (AvgIpc) is 2.34. The second-order valence-electron chi connectivity index (χ2n) is 5.07. The van der Waals surface area contributed by atoms with Crippen molar-refractivity contribution < 1.29 is 13.2 Å². The first-order chi connectivity index (χ1) is 8.45. The van der Waals surface area contributed by atoms with Crippen molar-refractivity contribution in [3.8, 4) is 0 Å². The smallest absolute Gasteiger partial charge is 0.231 e. The topological polar surface area (TPSA) is 89.3 Å². The van der Waals surface area contributed by atoms with Crippen molar-refractivity contribution in [1.82, 2.24) is 0 Å². The lowest BCUT2D eigenvalue weighted by atomic mass is 9.69. The van der Waals surface area contributed by atoms with Crippen LogP contribution < -0.4 is 11.1 Å². The van der Waals surface area contributed by atoms with Crippen LogP contribution in [0, 0.1) is 5.41 Å². The number of nitrogens with one attached hydrogen (secondary N) is 1. The Hall–Kier alpha value is -1.56. The molecule has 0 atom stereocenters. The van der Waals surface area contributed by atoms with E-state index in [1.165, 1.54) is 6.07 Å². The van der Waals surface area contributed by atoms with E-state index < -0.39 is 15.3 Å². The highest BCUT2D eigenvalue weighted by atomic mass is 32.2. The van der Waals surface area contributed by atoms with Crippen molar-refractivity contribution in [3.63, 3.8) is 0 Å². The quantitative estimate of drug-likeness (QED) is 0.690. The monoisotopic (exact) mass is 266 g/mol. The van der Waals surface area contributed by atoms with Gasteiger partial charge in [-0.25, -0.2) is 8.42 Å². The van der Waals surface area contributed by atoms with Gasteiger partial charge in [-0.05, 0) is 25.0 Å². The van der Waals surface area contributed by atoms with E-state index in [2.05, 4.69) is 5.32 Å². The molecular weight excluding hydrogens is 252 g/mol. The Morgan fingerprint density at radius 3 is 2.61 bits per heavy atom. The second kappa shape index (κ2) is 3.47. The average molecular weight is 266 g/mol. The number of hydrogen-bond donors (Lipinski definition) is 2. The number of fused-ring (bicyclic) bond motifs is 1. The number of nitrogens with two attached hydrogens (primary N) is 1. The number of hydrogen-bond acceptors (Lipinski definition) is 4. The predicted octanol–water partition coefficient (Wildman–Crippen LogP) is 1.16. The molecule has 2 aliphatic rings. The summed E-state index contributed by atoms with van der Waals surface area (Å²) in [6, 6.07) is 4.68. The van der Waals surface area contributed by atoms with E-state index in [1.807, 2.05) is 0 Å². The van der Waals surface area contributed by atoms with Crippen LogP contribution >= 0.6 is 0 Å². The molecular formula is C12H14N2O3S. The fourth-order valence-corrected chi connectivity index (χ4v) is 4.74. The van der Waals surface area contributed by atoms with E-state index in [1.54, 1.807) is 12.1 Å². The lowest BCUT2D eigenvalue weighted by Gasteiger charge is -2.38. The van der Waals surface area contributed by atoms with Gasteiger partial charge in [0, 0.05) is 0 Å². The molecule has 0 unspecified atom stereocenters. The van der Waals surface area contributed by atoms with E-state index in [0.717, 1.165) is 6.42 Å². The zero-order valence-corrected chi connectivity index (χ0v) is 10.6. The predicted molar refractivity (Wildman–Crippen MR) is 67.8 cm³/mol. The summed E-state index contributed by atoms with van der Waals surface area (Å²) in [5, 5.41) is 2.70. The van der Waals surface area contributed by atoms with Crippen molar-refractivity contribution in [2.45, 2.75) is 24.2 Å². The van der Waals surface area contributed by atoms with Crippen LogP contribution in [0.4, 0.5) is 11.4 Å². The van der Waals surface area contributed by atoms with Gasteiger partial charge in [-0.2, -0.15) is 0 Å². The van der Waals surface area contributed by atoms with Gasteiger partial charge in [-0.15, -0.1) is 0 Å². The Labute approximate surface area is 105 Å². The molecule has 3 N–H and O–H groups in total. The standard InChI is InChI=1S/C12H14N2O3S/c13-8-3-1-4-9-10(8)14-11(15)12(5-2-6-12)7-18(9,16)17/h1,3-4H,2,5-7,13H2,(H,14,15). The van der Waals surface area contributed by atoms with Crippen LogP contribution in [0.3, 0.4) is 0 Å². The van der Waals surface area contributed by atoms with Crippen molar-refractivity contribution in [1.29, 1.82) is 0 Å². The largest absolute Gasteiger partial charge is 0.397 e. The van der Waals surface area contributed by atoms with Gasteiger partial charge in [0.2, 0.25) is 5.91 Å². The summed E-state index contributed by atoms with van der Waals surface area (Å²) in [5.41, 5.74) is 5.55. The summed E-state index contributed by atoms with van der Waals surface area (Å²) in [4.78, 5) is 12.3. The first-order valence-electron chi connectivity index (χ1n) is 5.87. The fourth-order valence-electron chi connectivity index (χ4n) is 2.67. The molecule has 5 nitrogen and oxygen atoms in total. The Balaban J connectivity index is 2.21. The van der Waals surface area contributed by atoms with Gasteiger partial charge in [-0.3, -0.25) is 4.79 Å². The van der Waals surface area contributed by atoms with E-state index in [-0.39, 0.29) is 22.2 Å². The van der Waals surface area contributed by atoms with Crippen LogP contribution in [-0.2, 0) is 14.6 Å². The third-order valence-electron chi connectivity index (χ3n) is 3.89. The van der Waals surface area contributed by atoms with E-state index in [4.69, 9.17) is 5.73 Å². The molecule has 0 bridgehead atoms. The number of para-hydroxylation sites is 1.